The molecule has 0 radical (unpaired) electrons. The topological polar surface area (TPSA) is 78.4 Å². The van der Waals surface area contributed by atoms with E-state index in [4.69, 9.17) is 10.5 Å². The number of nitrogens with two attached hydrogens (primary N) is 1. The highest BCUT2D eigenvalue weighted by Crippen LogP contribution is 2.28. The van der Waals surface area contributed by atoms with E-state index in [0.29, 0.717) is 17.2 Å². The standard InChI is InChI=1S/C15H16N2O3/c1-2-3-11-4-6-14(7-5-11)20-15-9-12(16)8-13(10-15)17(18)19/h4-10H,2-3,16H2,1H3. The van der Waals surface area contributed by atoms with E-state index in [-0.39, 0.29) is 5.69 Å². The van der Waals surface area contributed by atoms with Crippen LogP contribution in [0.3, 0.4) is 0 Å². The Morgan fingerprint density at radius 1 is 1.15 bits per heavy atom. The molecule has 2 rings (SSSR count). The van der Waals surface area contributed by atoms with Crippen molar-refractivity contribution in [2.75, 3.05) is 5.73 Å². The lowest BCUT2D eigenvalue weighted by Gasteiger charge is -2.07. The summed E-state index contributed by atoms with van der Waals surface area (Å²) in [4.78, 5) is 10.3. The second-order valence-electron chi connectivity index (χ2n) is 4.51. The van der Waals surface area contributed by atoms with Crippen LogP contribution in [0.5, 0.6) is 11.5 Å². The summed E-state index contributed by atoms with van der Waals surface area (Å²) in [6.45, 7) is 2.12. The number of nitro groups is 1. The molecular weight excluding hydrogens is 256 g/mol. The highest BCUT2D eigenvalue weighted by molar-refractivity contribution is 5.54. The summed E-state index contributed by atoms with van der Waals surface area (Å²) in [5.74, 6) is 0.990. The number of benzene rings is 2. The molecule has 2 aromatic carbocycles. The molecule has 0 aliphatic heterocycles. The van der Waals surface area contributed by atoms with Crippen molar-refractivity contribution < 1.29 is 9.66 Å². The van der Waals surface area contributed by atoms with Gasteiger partial charge in [-0.05, 0) is 24.1 Å². The molecule has 0 atom stereocenters. The highest BCUT2D eigenvalue weighted by atomic mass is 16.6. The van der Waals surface area contributed by atoms with Crippen LogP contribution in [0.2, 0.25) is 0 Å². The first-order valence-corrected chi connectivity index (χ1v) is 6.40. The molecule has 104 valence electrons. The van der Waals surface area contributed by atoms with Crippen molar-refractivity contribution >= 4 is 11.4 Å². The fraction of sp³-hybridized carbons (Fsp3) is 0.200. The maximum Gasteiger partial charge on any atom is 0.275 e. The molecular formula is C15H16N2O3. The van der Waals surface area contributed by atoms with Crippen LogP contribution < -0.4 is 10.5 Å². The van der Waals surface area contributed by atoms with Crippen molar-refractivity contribution in [2.24, 2.45) is 0 Å². The molecule has 0 heterocycles. The Labute approximate surface area is 117 Å². The number of nitrogen functional groups attached to an aromatic ring is 1. The number of ether oxygens (including phenoxy) is 1. The van der Waals surface area contributed by atoms with Crippen LogP contribution in [0, 0.1) is 10.1 Å². The predicted molar refractivity (Wildman–Crippen MR) is 78.0 cm³/mol. The lowest BCUT2D eigenvalue weighted by Crippen LogP contribution is -1.93. The van der Waals surface area contributed by atoms with Gasteiger partial charge >= 0.3 is 0 Å². The first kappa shape index (κ1) is 13.9. The largest absolute Gasteiger partial charge is 0.457 e. The number of nitrogens with zero attached hydrogens (tertiary/aromatic N) is 1. The fourth-order valence-corrected chi connectivity index (χ4v) is 1.92. The van der Waals surface area contributed by atoms with E-state index in [2.05, 4.69) is 6.92 Å². The van der Waals surface area contributed by atoms with Gasteiger partial charge < -0.3 is 10.5 Å². The van der Waals surface area contributed by atoms with Gasteiger partial charge in [-0.15, -0.1) is 0 Å². The molecule has 0 fully saturated rings. The Kier molecular flexibility index (Phi) is 4.20. The molecule has 0 aliphatic rings. The summed E-state index contributed by atoms with van der Waals surface area (Å²) in [6.07, 6.45) is 2.10. The summed E-state index contributed by atoms with van der Waals surface area (Å²) >= 11 is 0. The summed E-state index contributed by atoms with van der Waals surface area (Å²) < 4.78 is 5.60. The Balaban J connectivity index is 2.19. The minimum absolute atomic E-state index is 0.0809. The van der Waals surface area contributed by atoms with E-state index in [1.165, 1.54) is 17.7 Å². The Hall–Kier alpha value is -2.56. The zero-order valence-corrected chi connectivity index (χ0v) is 11.2. The first-order valence-electron chi connectivity index (χ1n) is 6.40. The van der Waals surface area contributed by atoms with E-state index < -0.39 is 4.92 Å². The molecule has 20 heavy (non-hydrogen) atoms. The van der Waals surface area contributed by atoms with Gasteiger partial charge in [-0.3, -0.25) is 10.1 Å². The second-order valence-corrected chi connectivity index (χ2v) is 4.51. The number of aryl methyl sites for hydroxylation is 1. The Morgan fingerprint density at radius 3 is 2.45 bits per heavy atom. The lowest BCUT2D eigenvalue weighted by molar-refractivity contribution is -0.384. The third-order valence-electron chi connectivity index (χ3n) is 2.82. The first-order chi connectivity index (χ1) is 9.58. The van der Waals surface area contributed by atoms with Crippen molar-refractivity contribution in [2.45, 2.75) is 19.8 Å². The van der Waals surface area contributed by atoms with Crippen molar-refractivity contribution in [1.82, 2.24) is 0 Å². The molecule has 0 saturated heterocycles. The van der Waals surface area contributed by atoms with Gasteiger partial charge in [0, 0.05) is 17.8 Å². The molecule has 5 nitrogen and oxygen atoms in total. The van der Waals surface area contributed by atoms with Crippen molar-refractivity contribution in [3.8, 4) is 11.5 Å². The van der Waals surface area contributed by atoms with Gasteiger partial charge in [0.25, 0.3) is 5.69 Å². The minimum atomic E-state index is -0.492. The average molecular weight is 272 g/mol. The quantitative estimate of drug-likeness (QED) is 0.508. The van der Waals surface area contributed by atoms with E-state index in [9.17, 15) is 10.1 Å². The smallest absolute Gasteiger partial charge is 0.275 e. The monoisotopic (exact) mass is 272 g/mol. The Bertz CT molecular complexity index is 609. The van der Waals surface area contributed by atoms with Gasteiger partial charge in [0.2, 0.25) is 0 Å². The summed E-state index contributed by atoms with van der Waals surface area (Å²) in [5, 5.41) is 10.8. The number of nitro benzene ring substituents is 1. The van der Waals surface area contributed by atoms with Crippen LogP contribution in [0.25, 0.3) is 0 Å². The average Bonchev–Trinajstić information content (AvgIpc) is 2.40. The van der Waals surface area contributed by atoms with E-state index in [0.717, 1.165) is 12.8 Å². The third kappa shape index (κ3) is 3.47. The van der Waals surface area contributed by atoms with Gasteiger partial charge in [0.05, 0.1) is 11.0 Å². The molecule has 2 N–H and O–H groups in total. The molecule has 0 aliphatic carbocycles. The normalized spacial score (nSPS) is 10.2. The van der Waals surface area contributed by atoms with Gasteiger partial charge in [0.1, 0.15) is 11.5 Å². The van der Waals surface area contributed by atoms with Crippen LogP contribution in [-0.2, 0) is 6.42 Å². The van der Waals surface area contributed by atoms with Crippen LogP contribution in [-0.4, -0.2) is 4.92 Å². The maximum absolute atomic E-state index is 10.8. The van der Waals surface area contributed by atoms with Gasteiger partial charge in [-0.25, -0.2) is 0 Å². The van der Waals surface area contributed by atoms with E-state index >= 15 is 0 Å². The number of hydrogen-bond donors (Lipinski definition) is 1. The summed E-state index contributed by atoms with van der Waals surface area (Å²) in [7, 11) is 0. The molecule has 0 saturated carbocycles. The predicted octanol–water partition coefficient (Wildman–Crippen LogP) is 3.92. The number of rotatable bonds is 5. The minimum Gasteiger partial charge on any atom is -0.457 e. The van der Waals surface area contributed by atoms with E-state index in [1.807, 2.05) is 24.3 Å². The number of non-ortho nitro benzene ring substituents is 1. The second kappa shape index (κ2) is 6.06. The van der Waals surface area contributed by atoms with Crippen LogP contribution >= 0.6 is 0 Å². The van der Waals surface area contributed by atoms with Gasteiger partial charge in [0.15, 0.2) is 0 Å². The van der Waals surface area contributed by atoms with Crippen molar-refractivity contribution in [3.05, 3.63) is 58.1 Å². The van der Waals surface area contributed by atoms with Crippen LogP contribution in [0.4, 0.5) is 11.4 Å². The molecule has 0 unspecified atom stereocenters. The number of hydrogen-bond acceptors (Lipinski definition) is 4. The molecule has 0 amide bonds. The third-order valence-corrected chi connectivity index (χ3v) is 2.82. The van der Waals surface area contributed by atoms with Gasteiger partial charge in [-0.2, -0.15) is 0 Å². The molecule has 0 bridgehead atoms. The summed E-state index contributed by atoms with van der Waals surface area (Å²) in [6, 6.07) is 11.9. The van der Waals surface area contributed by atoms with E-state index in [1.54, 1.807) is 6.07 Å². The zero-order chi connectivity index (χ0) is 14.5. The van der Waals surface area contributed by atoms with Crippen molar-refractivity contribution in [3.63, 3.8) is 0 Å². The van der Waals surface area contributed by atoms with Crippen molar-refractivity contribution in [1.29, 1.82) is 0 Å². The lowest BCUT2D eigenvalue weighted by atomic mass is 10.1. The zero-order valence-electron chi connectivity index (χ0n) is 11.2. The SMILES string of the molecule is CCCc1ccc(Oc2cc(N)cc([N+](=O)[O-])c2)cc1. The molecule has 5 heteroatoms. The fourth-order valence-electron chi connectivity index (χ4n) is 1.92. The number of anilines is 1. The van der Waals surface area contributed by atoms with Gasteiger partial charge in [-0.1, -0.05) is 25.5 Å². The summed E-state index contributed by atoms with van der Waals surface area (Å²) in [5.41, 5.74) is 7.09. The molecule has 0 aromatic heterocycles. The maximum atomic E-state index is 10.8. The highest BCUT2D eigenvalue weighted by Gasteiger charge is 2.09. The molecule has 0 spiro atoms. The molecule has 2 aromatic rings. The van der Waals surface area contributed by atoms with Crippen LogP contribution in [0.1, 0.15) is 18.9 Å². The van der Waals surface area contributed by atoms with Crippen LogP contribution in [0.15, 0.2) is 42.5 Å². The Morgan fingerprint density at radius 2 is 1.85 bits per heavy atom.